The molecule has 42 heavy (non-hydrogen) atoms. The van der Waals surface area contributed by atoms with Gasteiger partial charge in [0.1, 0.15) is 23.5 Å². The van der Waals surface area contributed by atoms with Crippen LogP contribution in [0, 0.1) is 10.1 Å². The van der Waals surface area contributed by atoms with Crippen molar-refractivity contribution in [2.45, 2.75) is 20.5 Å². The number of benzene rings is 3. The van der Waals surface area contributed by atoms with Gasteiger partial charge in [-0.3, -0.25) is 10.1 Å². The Hall–Kier alpha value is -5.45. The van der Waals surface area contributed by atoms with Crippen molar-refractivity contribution >= 4 is 28.3 Å². The van der Waals surface area contributed by atoms with Crippen molar-refractivity contribution in [3.05, 3.63) is 105 Å². The Labute approximate surface area is 240 Å². The lowest BCUT2D eigenvalue weighted by Gasteiger charge is -2.20. The molecular weight excluding hydrogens is 542 g/mol. The Bertz CT molecular complexity index is 1820. The molecule has 11 heteroatoms. The van der Waals surface area contributed by atoms with E-state index in [1.165, 1.54) is 24.3 Å². The molecule has 0 radical (unpaired) electrons. The van der Waals surface area contributed by atoms with Gasteiger partial charge in [-0.15, -0.1) is 0 Å². The number of nitro benzene ring substituents is 1. The van der Waals surface area contributed by atoms with Crippen molar-refractivity contribution in [1.29, 1.82) is 0 Å². The number of carbonyl (C=O) groups is 1. The average Bonchev–Trinajstić information content (AvgIpc) is 3.50. The highest BCUT2D eigenvalue weighted by atomic mass is 16.6. The molecule has 0 amide bonds. The van der Waals surface area contributed by atoms with Crippen LogP contribution < -0.4 is 15.3 Å². The third-order valence-corrected chi connectivity index (χ3v) is 6.83. The third-order valence-electron chi connectivity index (χ3n) is 6.83. The molecule has 0 saturated carbocycles. The van der Waals surface area contributed by atoms with Crippen LogP contribution in [0.3, 0.4) is 0 Å². The summed E-state index contributed by atoms with van der Waals surface area (Å²) in [5.41, 5.74) is 1.11. The van der Waals surface area contributed by atoms with Crippen LogP contribution in [0.4, 0.5) is 11.4 Å². The number of methoxy groups -OCH3 is 1. The summed E-state index contributed by atoms with van der Waals surface area (Å²) in [5, 5.41) is 12.2. The fourth-order valence-corrected chi connectivity index (χ4v) is 4.56. The summed E-state index contributed by atoms with van der Waals surface area (Å²) in [6.07, 6.45) is 1.54. The first kappa shape index (κ1) is 28.1. The number of rotatable bonds is 10. The number of oxazole rings is 1. The summed E-state index contributed by atoms with van der Waals surface area (Å²) >= 11 is 0. The number of anilines is 1. The summed E-state index contributed by atoms with van der Waals surface area (Å²) in [6, 6.07) is 18.2. The number of aromatic nitrogens is 1. The first-order valence-electron chi connectivity index (χ1n) is 13.2. The second-order valence-electron chi connectivity index (χ2n) is 9.28. The average molecular weight is 570 g/mol. The Morgan fingerprint density at radius 1 is 0.976 bits per heavy atom. The summed E-state index contributed by atoms with van der Waals surface area (Å²) < 4.78 is 21.8. The molecule has 2 aromatic heterocycles. The van der Waals surface area contributed by atoms with Gasteiger partial charge in [-0.1, -0.05) is 0 Å². The molecule has 0 spiro atoms. The van der Waals surface area contributed by atoms with E-state index >= 15 is 0 Å². The Balaban J connectivity index is 1.37. The van der Waals surface area contributed by atoms with Crippen LogP contribution in [0.2, 0.25) is 0 Å². The zero-order chi connectivity index (χ0) is 29.8. The molecule has 5 rings (SSSR count). The van der Waals surface area contributed by atoms with E-state index in [2.05, 4.69) is 9.88 Å². The molecule has 0 atom stereocenters. The van der Waals surface area contributed by atoms with Gasteiger partial charge in [0.15, 0.2) is 5.76 Å². The molecule has 0 aliphatic carbocycles. The van der Waals surface area contributed by atoms with Crippen LogP contribution in [0.15, 0.2) is 86.6 Å². The SMILES string of the molecule is CCN(CC)c1ccc2cc(C(=O)OCc3cc(-c4ncc(-c5ccc(OC)cc5)o4)ccc3[N+](=O)[O-])c(=O)oc2c1. The highest BCUT2D eigenvalue weighted by molar-refractivity contribution is 5.93. The molecule has 0 bridgehead atoms. The molecule has 0 N–H and O–H groups in total. The van der Waals surface area contributed by atoms with Gasteiger partial charge in [-0.25, -0.2) is 14.6 Å². The molecule has 0 saturated heterocycles. The lowest BCUT2D eigenvalue weighted by molar-refractivity contribution is -0.385. The second-order valence-corrected chi connectivity index (χ2v) is 9.28. The fraction of sp³-hybridized carbons (Fsp3) is 0.194. The number of ether oxygens (including phenoxy) is 2. The minimum atomic E-state index is -0.962. The van der Waals surface area contributed by atoms with Gasteiger partial charge in [-0.05, 0) is 68.4 Å². The second kappa shape index (κ2) is 12.0. The normalized spacial score (nSPS) is 10.9. The molecule has 5 aromatic rings. The zero-order valence-electron chi connectivity index (χ0n) is 23.2. The van der Waals surface area contributed by atoms with Crippen LogP contribution >= 0.6 is 0 Å². The van der Waals surface area contributed by atoms with E-state index in [-0.39, 0.29) is 22.7 Å². The molecule has 214 valence electrons. The summed E-state index contributed by atoms with van der Waals surface area (Å²) in [6.45, 7) is 5.14. The van der Waals surface area contributed by atoms with Crippen LogP contribution in [0.5, 0.6) is 5.75 Å². The molecule has 11 nitrogen and oxygen atoms in total. The highest BCUT2D eigenvalue weighted by Crippen LogP contribution is 2.31. The maximum Gasteiger partial charge on any atom is 0.351 e. The fourth-order valence-electron chi connectivity index (χ4n) is 4.56. The minimum absolute atomic E-state index is 0.101. The van der Waals surface area contributed by atoms with Gasteiger partial charge in [-0.2, -0.15) is 0 Å². The maximum atomic E-state index is 12.9. The quantitative estimate of drug-likeness (QED) is 0.0822. The zero-order valence-corrected chi connectivity index (χ0v) is 23.2. The van der Waals surface area contributed by atoms with Crippen molar-refractivity contribution in [2.75, 3.05) is 25.1 Å². The van der Waals surface area contributed by atoms with E-state index < -0.39 is 23.1 Å². The summed E-state index contributed by atoms with van der Waals surface area (Å²) in [5.74, 6) is 0.448. The van der Waals surface area contributed by atoms with Crippen molar-refractivity contribution in [3.8, 4) is 28.5 Å². The van der Waals surface area contributed by atoms with E-state index in [0.29, 0.717) is 28.0 Å². The van der Waals surface area contributed by atoms with Gasteiger partial charge in [0.05, 0.1) is 23.8 Å². The lowest BCUT2D eigenvalue weighted by atomic mass is 10.1. The van der Waals surface area contributed by atoms with Crippen molar-refractivity contribution < 1.29 is 28.0 Å². The number of carbonyl (C=O) groups excluding carboxylic acids is 1. The van der Waals surface area contributed by atoms with Crippen LogP contribution in [0.25, 0.3) is 33.7 Å². The van der Waals surface area contributed by atoms with Gasteiger partial charge in [0.2, 0.25) is 5.89 Å². The molecule has 0 fully saturated rings. The van der Waals surface area contributed by atoms with Crippen molar-refractivity contribution in [2.24, 2.45) is 0 Å². The Morgan fingerprint density at radius 3 is 2.40 bits per heavy atom. The number of hydrogen-bond donors (Lipinski definition) is 0. The first-order valence-corrected chi connectivity index (χ1v) is 13.2. The number of esters is 1. The van der Waals surface area contributed by atoms with Gasteiger partial charge in [0.25, 0.3) is 5.69 Å². The molecule has 3 aromatic carbocycles. The van der Waals surface area contributed by atoms with E-state index in [1.54, 1.807) is 37.6 Å². The molecule has 0 aliphatic rings. The molecule has 0 unspecified atom stereocenters. The standard InChI is InChI=1S/C31H27N3O8/c1-4-33(5-2)23-10-6-20-15-25(31(36)42-27(20)16-23)30(35)40-18-22-14-21(9-13-26(22)34(37)38)29-32-17-28(41-29)19-7-11-24(39-3)12-8-19/h6-17H,4-5,18H2,1-3H3. The number of nitro groups is 1. The predicted molar refractivity (Wildman–Crippen MR) is 156 cm³/mol. The topological polar surface area (TPSA) is 138 Å². The Morgan fingerprint density at radius 2 is 1.71 bits per heavy atom. The number of fused-ring (bicyclic) bond motifs is 1. The largest absolute Gasteiger partial charge is 0.497 e. The number of hydrogen-bond acceptors (Lipinski definition) is 10. The molecular formula is C31H27N3O8. The lowest BCUT2D eigenvalue weighted by Crippen LogP contribution is -2.21. The van der Waals surface area contributed by atoms with Crippen LogP contribution in [-0.4, -0.2) is 36.1 Å². The smallest absolute Gasteiger partial charge is 0.351 e. The van der Waals surface area contributed by atoms with E-state index in [9.17, 15) is 19.7 Å². The Kier molecular flexibility index (Phi) is 8.00. The monoisotopic (exact) mass is 569 g/mol. The third kappa shape index (κ3) is 5.71. The maximum absolute atomic E-state index is 12.9. The first-order chi connectivity index (χ1) is 20.3. The van der Waals surface area contributed by atoms with Gasteiger partial charge < -0.3 is 23.2 Å². The van der Waals surface area contributed by atoms with Crippen LogP contribution in [-0.2, 0) is 11.3 Å². The summed E-state index contributed by atoms with van der Waals surface area (Å²) in [7, 11) is 1.57. The minimum Gasteiger partial charge on any atom is -0.497 e. The van der Waals surface area contributed by atoms with Crippen molar-refractivity contribution in [1.82, 2.24) is 4.98 Å². The van der Waals surface area contributed by atoms with E-state index in [4.69, 9.17) is 18.3 Å². The highest BCUT2D eigenvalue weighted by Gasteiger charge is 2.21. The van der Waals surface area contributed by atoms with Crippen molar-refractivity contribution in [3.63, 3.8) is 0 Å². The van der Waals surface area contributed by atoms with E-state index in [0.717, 1.165) is 24.3 Å². The predicted octanol–water partition coefficient (Wildman–Crippen LogP) is 6.24. The van der Waals surface area contributed by atoms with Gasteiger partial charge in [0, 0.05) is 47.4 Å². The summed E-state index contributed by atoms with van der Waals surface area (Å²) in [4.78, 5) is 43.1. The van der Waals surface area contributed by atoms with Gasteiger partial charge >= 0.3 is 11.6 Å². The number of nitrogens with zero attached hydrogens (tertiary/aromatic N) is 3. The van der Waals surface area contributed by atoms with E-state index in [1.807, 2.05) is 32.0 Å². The molecule has 2 heterocycles. The van der Waals surface area contributed by atoms with Crippen LogP contribution in [0.1, 0.15) is 29.8 Å². The molecule has 0 aliphatic heterocycles.